The molecular weight excluding hydrogens is 212 g/mol. The first-order valence-corrected chi connectivity index (χ1v) is 6.88. The maximum atomic E-state index is 4.23. The molecule has 1 N–H and O–H groups in total. The molecule has 2 unspecified atom stereocenters. The van der Waals surface area contributed by atoms with E-state index >= 15 is 0 Å². The van der Waals surface area contributed by atoms with Crippen molar-refractivity contribution in [3.63, 3.8) is 0 Å². The van der Waals surface area contributed by atoms with E-state index < -0.39 is 0 Å². The average Bonchev–Trinajstić information content (AvgIpc) is 2.99. The molecule has 4 heteroatoms. The number of nitrogens with one attached hydrogen (secondary N) is 1. The largest absolute Gasteiger partial charge is 0.311 e. The van der Waals surface area contributed by atoms with E-state index in [4.69, 9.17) is 0 Å². The monoisotopic (exact) mass is 234 g/mol. The van der Waals surface area contributed by atoms with Crippen molar-refractivity contribution in [2.24, 2.45) is 0 Å². The van der Waals surface area contributed by atoms with Crippen molar-refractivity contribution in [2.75, 3.05) is 19.6 Å². The third kappa shape index (κ3) is 2.53. The van der Waals surface area contributed by atoms with Crippen LogP contribution in [0.5, 0.6) is 0 Å². The molecule has 94 valence electrons. The van der Waals surface area contributed by atoms with E-state index in [0.717, 1.165) is 19.1 Å². The SMILES string of the molecule is c1cnn(CCNC2CCN3CCCCC23)c1. The Labute approximate surface area is 103 Å². The van der Waals surface area contributed by atoms with Gasteiger partial charge in [0.2, 0.25) is 0 Å². The first kappa shape index (κ1) is 11.2. The number of piperidine rings is 1. The third-order valence-corrected chi connectivity index (χ3v) is 4.16. The summed E-state index contributed by atoms with van der Waals surface area (Å²) >= 11 is 0. The summed E-state index contributed by atoms with van der Waals surface area (Å²) < 4.78 is 2.00. The van der Waals surface area contributed by atoms with Gasteiger partial charge < -0.3 is 5.32 Å². The maximum Gasteiger partial charge on any atom is 0.0534 e. The van der Waals surface area contributed by atoms with E-state index in [1.807, 2.05) is 23.1 Å². The van der Waals surface area contributed by atoms with Crippen LogP contribution in [-0.4, -0.2) is 46.4 Å². The van der Waals surface area contributed by atoms with Crippen molar-refractivity contribution in [3.8, 4) is 0 Å². The van der Waals surface area contributed by atoms with Gasteiger partial charge in [-0.2, -0.15) is 5.10 Å². The molecule has 17 heavy (non-hydrogen) atoms. The molecule has 2 atom stereocenters. The predicted molar refractivity (Wildman–Crippen MR) is 67.8 cm³/mol. The fourth-order valence-electron chi connectivity index (χ4n) is 3.28. The summed E-state index contributed by atoms with van der Waals surface area (Å²) in [5, 5.41) is 7.94. The molecule has 1 aromatic rings. The molecule has 1 aromatic heterocycles. The molecule has 2 aliphatic heterocycles. The lowest BCUT2D eigenvalue weighted by Crippen LogP contribution is -2.45. The summed E-state index contributed by atoms with van der Waals surface area (Å²) in [7, 11) is 0. The van der Waals surface area contributed by atoms with Gasteiger partial charge in [0.1, 0.15) is 0 Å². The van der Waals surface area contributed by atoms with Crippen LogP contribution in [0.2, 0.25) is 0 Å². The smallest absolute Gasteiger partial charge is 0.0534 e. The number of aromatic nitrogens is 2. The lowest BCUT2D eigenvalue weighted by Gasteiger charge is -2.32. The second-order valence-electron chi connectivity index (χ2n) is 5.22. The summed E-state index contributed by atoms with van der Waals surface area (Å²) in [4.78, 5) is 2.68. The van der Waals surface area contributed by atoms with Gasteiger partial charge in [-0.3, -0.25) is 9.58 Å². The standard InChI is InChI=1S/C13H22N4/c1-2-8-16-10-5-12(13(16)4-1)14-7-11-17-9-3-6-15-17/h3,6,9,12-14H,1-2,4-5,7-8,10-11H2. The molecular formula is C13H22N4. The minimum absolute atomic E-state index is 0.714. The molecule has 0 spiro atoms. The number of hydrogen-bond acceptors (Lipinski definition) is 3. The van der Waals surface area contributed by atoms with E-state index in [1.54, 1.807) is 0 Å². The molecule has 3 rings (SSSR count). The normalized spacial score (nSPS) is 29.4. The summed E-state index contributed by atoms with van der Waals surface area (Å²) in [6.45, 7) is 4.64. The molecule has 2 aliphatic rings. The van der Waals surface area contributed by atoms with Crippen molar-refractivity contribution in [2.45, 2.75) is 44.3 Å². The summed E-state index contributed by atoms with van der Waals surface area (Å²) in [5.41, 5.74) is 0. The fourth-order valence-corrected chi connectivity index (χ4v) is 3.28. The Kier molecular flexibility index (Phi) is 3.43. The van der Waals surface area contributed by atoms with Crippen molar-refractivity contribution in [1.82, 2.24) is 20.0 Å². The molecule has 2 fully saturated rings. The van der Waals surface area contributed by atoms with Crippen LogP contribution < -0.4 is 5.32 Å². The minimum atomic E-state index is 0.714. The van der Waals surface area contributed by atoms with Crippen molar-refractivity contribution in [3.05, 3.63) is 18.5 Å². The molecule has 0 aliphatic carbocycles. The highest BCUT2D eigenvalue weighted by Crippen LogP contribution is 2.26. The quantitative estimate of drug-likeness (QED) is 0.847. The lowest BCUT2D eigenvalue weighted by atomic mass is 9.99. The highest BCUT2D eigenvalue weighted by molar-refractivity contribution is 4.93. The molecule has 0 saturated carbocycles. The lowest BCUT2D eigenvalue weighted by molar-refractivity contribution is 0.180. The Morgan fingerprint density at radius 3 is 3.12 bits per heavy atom. The van der Waals surface area contributed by atoms with Crippen LogP contribution in [0.4, 0.5) is 0 Å². The number of hydrogen-bond donors (Lipinski definition) is 1. The predicted octanol–water partition coefficient (Wildman–Crippen LogP) is 1.10. The van der Waals surface area contributed by atoms with Gasteiger partial charge in [0.05, 0.1) is 6.54 Å². The van der Waals surface area contributed by atoms with Gasteiger partial charge in [-0.05, 0) is 31.9 Å². The van der Waals surface area contributed by atoms with Crippen molar-refractivity contribution >= 4 is 0 Å². The molecule has 0 radical (unpaired) electrons. The molecule has 0 amide bonds. The average molecular weight is 234 g/mol. The van der Waals surface area contributed by atoms with Crippen LogP contribution in [0, 0.1) is 0 Å². The molecule has 3 heterocycles. The second-order valence-corrected chi connectivity index (χ2v) is 5.22. The van der Waals surface area contributed by atoms with Gasteiger partial charge in [0.15, 0.2) is 0 Å². The topological polar surface area (TPSA) is 33.1 Å². The highest BCUT2D eigenvalue weighted by atomic mass is 15.3. The summed E-state index contributed by atoms with van der Waals surface area (Å²) in [6.07, 6.45) is 9.40. The van der Waals surface area contributed by atoms with Gasteiger partial charge in [0, 0.05) is 37.6 Å². The molecule has 2 saturated heterocycles. The zero-order chi connectivity index (χ0) is 11.5. The molecule has 0 bridgehead atoms. The van der Waals surface area contributed by atoms with Gasteiger partial charge in [-0.25, -0.2) is 0 Å². The van der Waals surface area contributed by atoms with Crippen LogP contribution in [0.15, 0.2) is 18.5 Å². The van der Waals surface area contributed by atoms with Crippen LogP contribution in [0.1, 0.15) is 25.7 Å². The molecule has 4 nitrogen and oxygen atoms in total. The number of fused-ring (bicyclic) bond motifs is 1. The minimum Gasteiger partial charge on any atom is -0.311 e. The van der Waals surface area contributed by atoms with E-state index in [1.165, 1.54) is 38.8 Å². The Morgan fingerprint density at radius 1 is 1.24 bits per heavy atom. The van der Waals surface area contributed by atoms with Crippen LogP contribution in [0.3, 0.4) is 0 Å². The van der Waals surface area contributed by atoms with Gasteiger partial charge >= 0.3 is 0 Å². The Morgan fingerprint density at radius 2 is 2.24 bits per heavy atom. The first-order valence-electron chi connectivity index (χ1n) is 6.88. The van der Waals surface area contributed by atoms with Crippen molar-refractivity contribution < 1.29 is 0 Å². The Bertz CT molecular complexity index is 335. The van der Waals surface area contributed by atoms with Crippen LogP contribution in [0.25, 0.3) is 0 Å². The van der Waals surface area contributed by atoms with Gasteiger partial charge in [-0.15, -0.1) is 0 Å². The van der Waals surface area contributed by atoms with E-state index in [0.29, 0.717) is 6.04 Å². The second kappa shape index (κ2) is 5.19. The Hall–Kier alpha value is -0.870. The highest BCUT2D eigenvalue weighted by Gasteiger charge is 2.34. The zero-order valence-electron chi connectivity index (χ0n) is 10.4. The van der Waals surface area contributed by atoms with Crippen molar-refractivity contribution in [1.29, 1.82) is 0 Å². The zero-order valence-corrected chi connectivity index (χ0v) is 10.4. The van der Waals surface area contributed by atoms with Crippen LogP contribution in [-0.2, 0) is 6.54 Å². The van der Waals surface area contributed by atoms with E-state index in [9.17, 15) is 0 Å². The number of rotatable bonds is 4. The van der Waals surface area contributed by atoms with Crippen LogP contribution >= 0.6 is 0 Å². The first-order chi connectivity index (χ1) is 8.43. The van der Waals surface area contributed by atoms with E-state index in [-0.39, 0.29) is 0 Å². The number of nitrogens with zero attached hydrogens (tertiary/aromatic N) is 3. The summed E-state index contributed by atoms with van der Waals surface area (Å²) in [5.74, 6) is 0. The van der Waals surface area contributed by atoms with E-state index in [2.05, 4.69) is 15.3 Å². The maximum absolute atomic E-state index is 4.23. The fraction of sp³-hybridized carbons (Fsp3) is 0.769. The summed E-state index contributed by atoms with van der Waals surface area (Å²) in [6, 6.07) is 3.51. The third-order valence-electron chi connectivity index (χ3n) is 4.16. The van der Waals surface area contributed by atoms with Gasteiger partial charge in [0.25, 0.3) is 0 Å². The Balaban J connectivity index is 1.46. The molecule has 0 aromatic carbocycles. The van der Waals surface area contributed by atoms with Gasteiger partial charge in [-0.1, -0.05) is 6.42 Å².